The highest BCUT2D eigenvalue weighted by Crippen LogP contribution is 2.45. The highest BCUT2D eigenvalue weighted by molar-refractivity contribution is 6.30. The van der Waals surface area contributed by atoms with Crippen LogP contribution in [0.4, 0.5) is 5.69 Å². The number of benzene rings is 2. The lowest BCUT2D eigenvalue weighted by atomic mass is 9.86. The van der Waals surface area contributed by atoms with Gasteiger partial charge < -0.3 is 10.6 Å². The average molecular weight is 372 g/mol. The van der Waals surface area contributed by atoms with Gasteiger partial charge >= 0.3 is 0 Å². The average Bonchev–Trinajstić information content (AvgIpc) is 2.69. The molecule has 2 aliphatic rings. The minimum Gasteiger partial charge on any atom is -0.381 e. The standard InChI is InChI=1S/C18H19ClN2.2ClH/c19-13-4-1-3-12(11-13)14-5-2-6-17-18(14)15-7-9-20-10-8-16(15)21-17;;/h1-6,11,15-16,20-21H,7-10H2;2*1H. The Balaban J connectivity index is 0.000000960. The number of fused-ring (bicyclic) bond motifs is 3. The molecule has 0 saturated carbocycles. The van der Waals surface area contributed by atoms with Gasteiger partial charge in [0.1, 0.15) is 0 Å². The second-order valence-corrected chi connectivity index (χ2v) is 6.40. The largest absolute Gasteiger partial charge is 0.381 e. The zero-order valence-electron chi connectivity index (χ0n) is 12.7. The van der Waals surface area contributed by atoms with Crippen molar-refractivity contribution in [3.63, 3.8) is 0 Å². The van der Waals surface area contributed by atoms with Crippen molar-refractivity contribution in [2.75, 3.05) is 18.4 Å². The number of anilines is 1. The highest BCUT2D eigenvalue weighted by Gasteiger charge is 2.34. The molecular weight excluding hydrogens is 351 g/mol. The quantitative estimate of drug-likeness (QED) is 0.727. The third kappa shape index (κ3) is 3.46. The Morgan fingerprint density at radius 2 is 1.74 bits per heavy atom. The fourth-order valence-electron chi connectivity index (χ4n) is 3.76. The minimum atomic E-state index is 0. The van der Waals surface area contributed by atoms with Crippen LogP contribution in [0.25, 0.3) is 11.1 Å². The molecule has 2 nitrogen and oxygen atoms in total. The van der Waals surface area contributed by atoms with E-state index in [1.54, 1.807) is 0 Å². The third-order valence-electron chi connectivity index (χ3n) is 4.70. The molecule has 124 valence electrons. The van der Waals surface area contributed by atoms with Gasteiger partial charge in [-0.25, -0.2) is 0 Å². The number of halogens is 3. The van der Waals surface area contributed by atoms with Crippen LogP contribution >= 0.6 is 36.4 Å². The molecule has 0 radical (unpaired) electrons. The summed E-state index contributed by atoms with van der Waals surface area (Å²) < 4.78 is 0. The SMILES string of the molecule is Cl.Cl.Clc1cccc(-c2cccc3c2C2CCNCCC2N3)c1. The summed E-state index contributed by atoms with van der Waals surface area (Å²) in [7, 11) is 0. The van der Waals surface area contributed by atoms with Gasteiger partial charge in [0, 0.05) is 22.7 Å². The maximum Gasteiger partial charge on any atom is 0.0412 e. The van der Waals surface area contributed by atoms with E-state index in [1.807, 2.05) is 12.1 Å². The Morgan fingerprint density at radius 1 is 0.957 bits per heavy atom. The van der Waals surface area contributed by atoms with E-state index < -0.39 is 0 Å². The fourth-order valence-corrected chi connectivity index (χ4v) is 3.95. The summed E-state index contributed by atoms with van der Waals surface area (Å²) in [6.07, 6.45) is 2.39. The van der Waals surface area contributed by atoms with Crippen molar-refractivity contribution >= 4 is 42.1 Å². The van der Waals surface area contributed by atoms with Crippen molar-refractivity contribution in [2.24, 2.45) is 0 Å². The maximum atomic E-state index is 6.18. The minimum absolute atomic E-state index is 0. The van der Waals surface area contributed by atoms with Crippen LogP contribution in [0.5, 0.6) is 0 Å². The number of hydrogen-bond acceptors (Lipinski definition) is 2. The second kappa shape index (κ2) is 7.76. The van der Waals surface area contributed by atoms with Crippen LogP contribution in [-0.2, 0) is 0 Å². The van der Waals surface area contributed by atoms with Crippen molar-refractivity contribution < 1.29 is 0 Å². The maximum absolute atomic E-state index is 6.18. The smallest absolute Gasteiger partial charge is 0.0412 e. The molecule has 5 heteroatoms. The normalized spacial score (nSPS) is 21.8. The van der Waals surface area contributed by atoms with Crippen LogP contribution in [-0.4, -0.2) is 19.1 Å². The van der Waals surface area contributed by atoms with Gasteiger partial charge in [0.25, 0.3) is 0 Å². The molecule has 2 aromatic rings. The summed E-state index contributed by atoms with van der Waals surface area (Å²) in [6, 6.07) is 15.3. The van der Waals surface area contributed by atoms with E-state index >= 15 is 0 Å². The molecule has 0 spiro atoms. The first-order valence-electron chi connectivity index (χ1n) is 7.69. The van der Waals surface area contributed by atoms with Crippen LogP contribution in [0.3, 0.4) is 0 Å². The van der Waals surface area contributed by atoms with E-state index in [0.717, 1.165) is 18.1 Å². The molecule has 2 heterocycles. The van der Waals surface area contributed by atoms with E-state index in [-0.39, 0.29) is 24.8 Å². The molecule has 0 aliphatic carbocycles. The van der Waals surface area contributed by atoms with E-state index in [2.05, 4.69) is 41.0 Å². The van der Waals surface area contributed by atoms with Crippen LogP contribution in [0.2, 0.25) is 5.02 Å². The van der Waals surface area contributed by atoms with Gasteiger partial charge in [0.2, 0.25) is 0 Å². The summed E-state index contributed by atoms with van der Waals surface area (Å²) in [5, 5.41) is 8.04. The second-order valence-electron chi connectivity index (χ2n) is 5.96. The molecule has 0 amide bonds. The molecule has 2 atom stereocenters. The number of hydrogen-bond donors (Lipinski definition) is 2. The zero-order chi connectivity index (χ0) is 14.2. The summed E-state index contributed by atoms with van der Waals surface area (Å²) >= 11 is 6.18. The Morgan fingerprint density at radius 3 is 2.57 bits per heavy atom. The van der Waals surface area contributed by atoms with Gasteiger partial charge in [-0.05, 0) is 60.8 Å². The Labute approximate surface area is 154 Å². The number of nitrogens with one attached hydrogen (secondary N) is 2. The van der Waals surface area contributed by atoms with Gasteiger partial charge in [-0.1, -0.05) is 35.9 Å². The predicted molar refractivity (Wildman–Crippen MR) is 104 cm³/mol. The number of rotatable bonds is 1. The lowest BCUT2D eigenvalue weighted by molar-refractivity contribution is 0.579. The molecule has 1 saturated heterocycles. The molecule has 1 fully saturated rings. The molecular formula is C18H21Cl3N2. The molecule has 2 unspecified atom stereocenters. The van der Waals surface area contributed by atoms with Crippen molar-refractivity contribution in [2.45, 2.75) is 24.8 Å². The lowest BCUT2D eigenvalue weighted by Crippen LogP contribution is -2.21. The van der Waals surface area contributed by atoms with Crippen molar-refractivity contribution in [1.29, 1.82) is 0 Å². The van der Waals surface area contributed by atoms with Crippen LogP contribution in [0.15, 0.2) is 42.5 Å². The summed E-state index contributed by atoms with van der Waals surface area (Å²) in [6.45, 7) is 2.21. The Hall–Kier alpha value is -0.930. The van der Waals surface area contributed by atoms with Gasteiger partial charge in [-0.15, -0.1) is 24.8 Å². The van der Waals surface area contributed by atoms with Crippen LogP contribution in [0, 0.1) is 0 Å². The first-order valence-corrected chi connectivity index (χ1v) is 8.07. The van der Waals surface area contributed by atoms with Crippen LogP contribution in [0.1, 0.15) is 24.3 Å². The van der Waals surface area contributed by atoms with Gasteiger partial charge in [-0.2, -0.15) is 0 Å². The molecule has 0 bridgehead atoms. The zero-order valence-corrected chi connectivity index (χ0v) is 15.1. The monoisotopic (exact) mass is 370 g/mol. The Bertz CT molecular complexity index is 675. The third-order valence-corrected chi connectivity index (χ3v) is 4.94. The van der Waals surface area contributed by atoms with E-state index in [1.165, 1.54) is 35.2 Å². The first-order chi connectivity index (χ1) is 10.3. The van der Waals surface area contributed by atoms with Crippen molar-refractivity contribution in [1.82, 2.24) is 5.32 Å². The highest BCUT2D eigenvalue weighted by atomic mass is 35.5. The fraction of sp³-hybridized carbons (Fsp3) is 0.333. The van der Waals surface area contributed by atoms with E-state index in [4.69, 9.17) is 11.6 Å². The molecule has 23 heavy (non-hydrogen) atoms. The molecule has 2 N–H and O–H groups in total. The van der Waals surface area contributed by atoms with E-state index in [0.29, 0.717) is 12.0 Å². The summed E-state index contributed by atoms with van der Waals surface area (Å²) in [5.41, 5.74) is 5.34. The summed E-state index contributed by atoms with van der Waals surface area (Å²) in [4.78, 5) is 0. The predicted octanol–water partition coefficient (Wildman–Crippen LogP) is 5.11. The molecule has 2 aromatic carbocycles. The van der Waals surface area contributed by atoms with Crippen molar-refractivity contribution in [3.8, 4) is 11.1 Å². The lowest BCUT2D eigenvalue weighted by Gasteiger charge is -2.18. The molecule has 0 aromatic heterocycles. The summed E-state index contributed by atoms with van der Waals surface area (Å²) in [5.74, 6) is 0.602. The molecule has 4 rings (SSSR count). The topological polar surface area (TPSA) is 24.1 Å². The van der Waals surface area contributed by atoms with Gasteiger partial charge in [0.15, 0.2) is 0 Å². The van der Waals surface area contributed by atoms with Crippen molar-refractivity contribution in [3.05, 3.63) is 53.1 Å². The molecule has 2 aliphatic heterocycles. The van der Waals surface area contributed by atoms with E-state index in [9.17, 15) is 0 Å². The van der Waals surface area contributed by atoms with Gasteiger partial charge in [-0.3, -0.25) is 0 Å². The van der Waals surface area contributed by atoms with Crippen LogP contribution < -0.4 is 10.6 Å². The first kappa shape index (κ1) is 18.4. The van der Waals surface area contributed by atoms with Gasteiger partial charge in [0.05, 0.1) is 0 Å². The Kier molecular flexibility index (Phi) is 6.21.